The van der Waals surface area contributed by atoms with Crippen LogP contribution in [0.4, 0.5) is 10.1 Å². The third-order valence-corrected chi connectivity index (χ3v) is 4.80. The van der Waals surface area contributed by atoms with E-state index in [9.17, 15) is 22.4 Å². The largest absolute Gasteiger partial charge is 0.384 e. The number of carbonyl (C=O) groups excluding carboxylic acids is 2. The average Bonchev–Trinajstić information content (AvgIpc) is 2.73. The smallest absolute Gasteiger partial charge is 0.354 e. The molecule has 0 saturated carbocycles. The molecule has 0 radical (unpaired) electrons. The van der Waals surface area contributed by atoms with Crippen LogP contribution in [0.5, 0.6) is 0 Å². The summed E-state index contributed by atoms with van der Waals surface area (Å²) in [5, 5.41) is 10.0. The molecule has 8 nitrogen and oxygen atoms in total. The number of amides is 1. The lowest BCUT2D eigenvalue weighted by atomic mass is 9.94. The Morgan fingerprint density at radius 2 is 1.59 bits per heavy atom. The summed E-state index contributed by atoms with van der Waals surface area (Å²) < 4.78 is 41.2. The van der Waals surface area contributed by atoms with Gasteiger partial charge in [-0.2, -0.15) is 8.42 Å². The molecule has 32 heavy (non-hydrogen) atoms. The van der Waals surface area contributed by atoms with Crippen LogP contribution in [0.15, 0.2) is 66.7 Å². The minimum atomic E-state index is -4.07. The van der Waals surface area contributed by atoms with Crippen molar-refractivity contribution in [2.75, 3.05) is 11.6 Å². The van der Waals surface area contributed by atoms with Crippen molar-refractivity contribution in [3.63, 3.8) is 0 Å². The lowest BCUT2D eigenvalue weighted by Crippen LogP contribution is -2.16. The Labute approximate surface area is 183 Å². The van der Waals surface area contributed by atoms with Gasteiger partial charge in [0, 0.05) is 11.3 Å². The second kappa shape index (κ2) is 8.98. The number of halogens is 1. The van der Waals surface area contributed by atoms with Crippen molar-refractivity contribution < 1.29 is 26.6 Å². The van der Waals surface area contributed by atoms with Gasteiger partial charge in [-0.15, -0.1) is 0 Å². The van der Waals surface area contributed by atoms with Crippen LogP contribution in [0.25, 0.3) is 11.1 Å². The SMILES string of the molecule is CS(=O)(=O)OC(=O)c1ccccc1-c1ccc(F)cc1C(=O)Nc1ccc(C(=N)N)cc1. The second-order valence-corrected chi connectivity index (χ2v) is 8.33. The highest BCUT2D eigenvalue weighted by molar-refractivity contribution is 7.86. The van der Waals surface area contributed by atoms with Gasteiger partial charge in [-0.3, -0.25) is 10.2 Å². The molecule has 0 aliphatic carbocycles. The third-order valence-electron chi connectivity index (χ3n) is 4.34. The fourth-order valence-electron chi connectivity index (χ4n) is 2.95. The quantitative estimate of drug-likeness (QED) is 0.296. The molecule has 164 valence electrons. The monoisotopic (exact) mass is 455 g/mol. The van der Waals surface area contributed by atoms with Crippen molar-refractivity contribution in [2.24, 2.45) is 5.73 Å². The molecule has 0 unspecified atom stereocenters. The second-order valence-electron chi connectivity index (χ2n) is 6.76. The maximum atomic E-state index is 14.0. The summed E-state index contributed by atoms with van der Waals surface area (Å²) >= 11 is 0. The van der Waals surface area contributed by atoms with E-state index in [1.807, 2.05) is 0 Å². The van der Waals surface area contributed by atoms with E-state index in [-0.39, 0.29) is 28.1 Å². The number of nitrogens with one attached hydrogen (secondary N) is 2. The van der Waals surface area contributed by atoms with Crippen LogP contribution in [0.3, 0.4) is 0 Å². The molecule has 0 bridgehead atoms. The van der Waals surface area contributed by atoms with Gasteiger partial charge < -0.3 is 15.2 Å². The van der Waals surface area contributed by atoms with Gasteiger partial charge in [-0.05, 0) is 53.6 Å². The number of benzene rings is 3. The zero-order valence-electron chi connectivity index (χ0n) is 16.8. The van der Waals surface area contributed by atoms with E-state index in [4.69, 9.17) is 11.1 Å². The Hall–Kier alpha value is -4.05. The summed E-state index contributed by atoms with van der Waals surface area (Å²) in [5.41, 5.74) is 6.46. The predicted octanol–water partition coefficient (Wildman–Crippen LogP) is 3.15. The number of nitrogen functional groups attached to an aromatic ring is 1. The molecule has 10 heteroatoms. The summed E-state index contributed by atoms with van der Waals surface area (Å²) in [7, 11) is -4.07. The third kappa shape index (κ3) is 5.35. The molecule has 3 aromatic rings. The first-order valence-electron chi connectivity index (χ1n) is 9.14. The average molecular weight is 455 g/mol. The first-order valence-corrected chi connectivity index (χ1v) is 11.0. The van der Waals surface area contributed by atoms with Gasteiger partial charge in [-0.1, -0.05) is 24.3 Å². The van der Waals surface area contributed by atoms with Gasteiger partial charge in [0.1, 0.15) is 11.7 Å². The van der Waals surface area contributed by atoms with Gasteiger partial charge in [0.05, 0.1) is 17.4 Å². The van der Waals surface area contributed by atoms with Crippen LogP contribution >= 0.6 is 0 Å². The highest BCUT2D eigenvalue weighted by Gasteiger charge is 2.22. The Kier molecular flexibility index (Phi) is 6.35. The molecule has 0 fully saturated rings. The fraction of sp³-hybridized carbons (Fsp3) is 0.0455. The zero-order chi connectivity index (χ0) is 23.5. The lowest BCUT2D eigenvalue weighted by Gasteiger charge is -2.14. The van der Waals surface area contributed by atoms with Gasteiger partial charge in [-0.25, -0.2) is 9.18 Å². The maximum absolute atomic E-state index is 14.0. The summed E-state index contributed by atoms with van der Waals surface area (Å²) in [6.07, 6.45) is 0.738. The van der Waals surface area contributed by atoms with Crippen LogP contribution in [0.1, 0.15) is 26.3 Å². The molecule has 0 spiro atoms. The summed E-state index contributed by atoms with van der Waals surface area (Å²) in [6, 6.07) is 15.5. The minimum absolute atomic E-state index is 0.0831. The molecule has 0 aromatic heterocycles. The Balaban J connectivity index is 2.01. The van der Waals surface area contributed by atoms with E-state index in [0.717, 1.165) is 18.4 Å². The van der Waals surface area contributed by atoms with E-state index in [1.54, 1.807) is 18.2 Å². The van der Waals surface area contributed by atoms with Crippen molar-refractivity contribution in [1.82, 2.24) is 0 Å². The molecule has 0 aliphatic rings. The number of carbonyl (C=O) groups is 2. The molecule has 4 N–H and O–H groups in total. The molecule has 3 aromatic carbocycles. The first-order chi connectivity index (χ1) is 15.0. The first kappa shape index (κ1) is 22.6. The molecular weight excluding hydrogens is 437 g/mol. The van der Waals surface area contributed by atoms with Crippen molar-refractivity contribution in [2.45, 2.75) is 0 Å². The van der Waals surface area contributed by atoms with Crippen molar-refractivity contribution in [3.05, 3.63) is 89.2 Å². The Bertz CT molecular complexity index is 1320. The van der Waals surface area contributed by atoms with Gasteiger partial charge >= 0.3 is 16.1 Å². The van der Waals surface area contributed by atoms with Crippen LogP contribution in [-0.4, -0.2) is 32.4 Å². The lowest BCUT2D eigenvalue weighted by molar-refractivity contribution is 0.0748. The highest BCUT2D eigenvalue weighted by atomic mass is 32.2. The molecule has 3 rings (SSSR count). The minimum Gasteiger partial charge on any atom is -0.384 e. The number of hydrogen-bond donors (Lipinski definition) is 3. The summed E-state index contributed by atoms with van der Waals surface area (Å²) in [5.74, 6) is -2.60. The highest BCUT2D eigenvalue weighted by Crippen LogP contribution is 2.29. The van der Waals surface area contributed by atoms with E-state index in [1.165, 1.54) is 36.4 Å². The van der Waals surface area contributed by atoms with Gasteiger partial charge in [0.2, 0.25) is 0 Å². The van der Waals surface area contributed by atoms with E-state index in [2.05, 4.69) is 9.50 Å². The molecule has 0 heterocycles. The van der Waals surface area contributed by atoms with Crippen LogP contribution in [-0.2, 0) is 14.3 Å². The van der Waals surface area contributed by atoms with Crippen molar-refractivity contribution >= 4 is 33.5 Å². The standard InChI is InChI=1S/C22H18FN3O5S/c1-32(29,30)31-22(28)18-5-3-2-4-16(18)17-11-8-14(23)12-19(17)21(27)26-15-9-6-13(7-10-15)20(24)25/h2-12H,1H3,(H3,24,25)(H,26,27). The zero-order valence-corrected chi connectivity index (χ0v) is 17.6. The van der Waals surface area contributed by atoms with Gasteiger partial charge in [0.25, 0.3) is 5.91 Å². The molecule has 0 saturated heterocycles. The number of anilines is 1. The number of rotatable bonds is 6. The van der Waals surface area contributed by atoms with E-state index < -0.39 is 27.8 Å². The maximum Gasteiger partial charge on any atom is 0.354 e. The molecule has 1 amide bonds. The van der Waals surface area contributed by atoms with Crippen LogP contribution in [0, 0.1) is 11.2 Å². The summed E-state index contributed by atoms with van der Waals surface area (Å²) in [6.45, 7) is 0. The number of hydrogen-bond acceptors (Lipinski definition) is 6. The van der Waals surface area contributed by atoms with Crippen LogP contribution < -0.4 is 11.1 Å². The normalized spacial score (nSPS) is 10.9. The molecular formula is C22H18FN3O5S. The fourth-order valence-corrected chi connectivity index (χ4v) is 3.31. The van der Waals surface area contributed by atoms with Crippen molar-refractivity contribution in [1.29, 1.82) is 5.41 Å². The number of nitrogens with two attached hydrogens (primary N) is 1. The Morgan fingerprint density at radius 3 is 2.22 bits per heavy atom. The Morgan fingerprint density at radius 1 is 0.969 bits per heavy atom. The van der Waals surface area contributed by atoms with Crippen molar-refractivity contribution in [3.8, 4) is 11.1 Å². The van der Waals surface area contributed by atoms with E-state index in [0.29, 0.717) is 11.3 Å². The summed E-state index contributed by atoms with van der Waals surface area (Å²) in [4.78, 5) is 25.3. The van der Waals surface area contributed by atoms with E-state index >= 15 is 0 Å². The van der Waals surface area contributed by atoms with Crippen LogP contribution in [0.2, 0.25) is 0 Å². The molecule has 0 atom stereocenters. The number of amidine groups is 1. The topological polar surface area (TPSA) is 139 Å². The van der Waals surface area contributed by atoms with Gasteiger partial charge in [0.15, 0.2) is 0 Å². The predicted molar refractivity (Wildman–Crippen MR) is 118 cm³/mol. The molecule has 0 aliphatic heterocycles.